The smallest absolute Gasteiger partial charge is 0.236 e. The zero-order chi connectivity index (χ0) is 34.0. The summed E-state index contributed by atoms with van der Waals surface area (Å²) in [5, 5.41) is 3.36. The maximum atomic E-state index is 7.18. The summed E-state index contributed by atoms with van der Waals surface area (Å²) in [5.41, 5.74) is 11.7. The van der Waals surface area contributed by atoms with Crippen molar-refractivity contribution in [2.45, 2.75) is 5.41 Å². The molecule has 0 fully saturated rings. The van der Waals surface area contributed by atoms with Gasteiger partial charge in [0.15, 0.2) is 5.75 Å². The molecule has 1 aliphatic carbocycles. The summed E-state index contributed by atoms with van der Waals surface area (Å²) in [7, 11) is 0. The second-order valence-electron chi connectivity index (χ2n) is 13.6. The number of nitrogens with zero attached hydrogens (tertiary/aromatic N) is 3. The van der Waals surface area contributed by atoms with Gasteiger partial charge in [0.25, 0.3) is 0 Å². The summed E-state index contributed by atoms with van der Waals surface area (Å²) in [5.74, 6) is 2.31. The van der Waals surface area contributed by atoms with Crippen molar-refractivity contribution in [1.82, 2.24) is 14.5 Å². The maximum Gasteiger partial charge on any atom is 0.236 e. The van der Waals surface area contributed by atoms with Crippen LogP contribution in [0.2, 0.25) is 0 Å². The standard InChI is InChI=1S/C47H27N3OS/c1-2-14-28(15-3-1)41-45-42(33-19-7-13-25-40(33)52-45)49-46(48-41)50-38-23-11-6-18-31(38)32-26-27-37-44(43(32)50)51-39-24-12-10-22-36(39)47(37)34-20-8-4-16-29(34)30-17-5-9-21-35(30)47/h1-27H. The summed E-state index contributed by atoms with van der Waals surface area (Å²) >= 11 is 1.75. The Bertz CT molecular complexity index is 3070. The quantitative estimate of drug-likeness (QED) is 0.182. The Balaban J connectivity index is 1.26. The van der Waals surface area contributed by atoms with Crippen molar-refractivity contribution in [2.24, 2.45) is 0 Å². The van der Waals surface area contributed by atoms with E-state index in [1.807, 2.05) is 0 Å². The Morgan fingerprint density at radius 2 is 1.17 bits per heavy atom. The average molecular weight is 682 g/mol. The van der Waals surface area contributed by atoms with E-state index in [0.29, 0.717) is 5.95 Å². The van der Waals surface area contributed by atoms with Crippen molar-refractivity contribution in [2.75, 3.05) is 0 Å². The Morgan fingerprint density at radius 1 is 0.519 bits per heavy atom. The van der Waals surface area contributed by atoms with E-state index >= 15 is 0 Å². The molecule has 4 nitrogen and oxygen atoms in total. The molecular weight excluding hydrogens is 655 g/mol. The van der Waals surface area contributed by atoms with Crippen LogP contribution >= 0.6 is 11.3 Å². The molecule has 0 amide bonds. The lowest BCUT2D eigenvalue weighted by Crippen LogP contribution is -2.32. The highest BCUT2D eigenvalue weighted by atomic mass is 32.1. The lowest BCUT2D eigenvalue weighted by molar-refractivity contribution is 0.440. The van der Waals surface area contributed by atoms with Crippen molar-refractivity contribution >= 4 is 53.4 Å². The van der Waals surface area contributed by atoms with Gasteiger partial charge in [0.1, 0.15) is 11.3 Å². The molecule has 0 saturated heterocycles. The van der Waals surface area contributed by atoms with Crippen LogP contribution in [0.3, 0.4) is 0 Å². The average Bonchev–Trinajstić information content (AvgIpc) is 3.85. The van der Waals surface area contributed by atoms with Gasteiger partial charge in [0.05, 0.1) is 26.8 Å². The molecule has 0 unspecified atom stereocenters. The van der Waals surface area contributed by atoms with Crippen LogP contribution in [0, 0.1) is 0 Å². The third kappa shape index (κ3) is 3.50. The van der Waals surface area contributed by atoms with Crippen molar-refractivity contribution in [3.8, 4) is 39.8 Å². The van der Waals surface area contributed by atoms with Gasteiger partial charge < -0.3 is 4.74 Å². The molecule has 52 heavy (non-hydrogen) atoms. The Hall–Kier alpha value is -6.56. The van der Waals surface area contributed by atoms with Gasteiger partial charge in [-0.05, 0) is 40.5 Å². The number of fused-ring (bicyclic) bond motifs is 16. The highest BCUT2D eigenvalue weighted by Gasteiger charge is 2.51. The van der Waals surface area contributed by atoms with Gasteiger partial charge >= 0.3 is 0 Å². The Labute approximate surface area is 302 Å². The number of para-hydroxylation sites is 2. The highest BCUT2D eigenvalue weighted by Crippen LogP contribution is 2.63. The third-order valence-corrected chi connectivity index (χ3v) is 12.3. The predicted octanol–water partition coefficient (Wildman–Crippen LogP) is 12.1. The Morgan fingerprint density at radius 3 is 1.98 bits per heavy atom. The molecule has 1 spiro atoms. The molecule has 242 valence electrons. The minimum absolute atomic E-state index is 0.573. The first-order chi connectivity index (χ1) is 25.8. The fraction of sp³-hybridized carbons (Fsp3) is 0.0213. The summed E-state index contributed by atoms with van der Waals surface area (Å²) in [6.45, 7) is 0. The van der Waals surface area contributed by atoms with Gasteiger partial charge in [-0.15, -0.1) is 11.3 Å². The number of ether oxygens (including phenoxy) is 1. The molecule has 1 aliphatic heterocycles. The van der Waals surface area contributed by atoms with Crippen LogP contribution in [0.4, 0.5) is 0 Å². The van der Waals surface area contributed by atoms with Gasteiger partial charge in [-0.2, -0.15) is 0 Å². The molecule has 7 aromatic carbocycles. The van der Waals surface area contributed by atoms with Gasteiger partial charge in [0, 0.05) is 37.5 Å². The normalized spacial score (nSPS) is 13.7. The van der Waals surface area contributed by atoms with Crippen molar-refractivity contribution < 1.29 is 4.74 Å². The number of thiophene rings is 1. The molecule has 3 aromatic heterocycles. The van der Waals surface area contributed by atoms with Gasteiger partial charge in [-0.1, -0.05) is 146 Å². The fourth-order valence-corrected chi connectivity index (χ4v) is 10.2. The Kier molecular flexibility index (Phi) is 5.55. The van der Waals surface area contributed by atoms with E-state index in [2.05, 4.69) is 168 Å². The molecule has 2 aliphatic rings. The molecule has 12 rings (SSSR count). The number of hydrogen-bond acceptors (Lipinski definition) is 4. The van der Waals surface area contributed by atoms with E-state index in [1.165, 1.54) is 27.0 Å². The van der Waals surface area contributed by atoms with Crippen LogP contribution in [-0.2, 0) is 5.41 Å². The number of benzene rings is 7. The third-order valence-electron chi connectivity index (χ3n) is 11.1. The van der Waals surface area contributed by atoms with Crippen molar-refractivity contribution in [3.63, 3.8) is 0 Å². The zero-order valence-electron chi connectivity index (χ0n) is 27.7. The van der Waals surface area contributed by atoms with Crippen molar-refractivity contribution in [1.29, 1.82) is 0 Å². The number of hydrogen-bond donors (Lipinski definition) is 0. The van der Waals surface area contributed by atoms with Crippen LogP contribution in [0.5, 0.6) is 11.5 Å². The van der Waals surface area contributed by atoms with E-state index in [9.17, 15) is 0 Å². The van der Waals surface area contributed by atoms with Gasteiger partial charge in [-0.3, -0.25) is 4.57 Å². The zero-order valence-corrected chi connectivity index (χ0v) is 28.6. The summed E-state index contributed by atoms with van der Waals surface area (Å²) in [4.78, 5) is 10.9. The van der Waals surface area contributed by atoms with Crippen molar-refractivity contribution in [3.05, 3.63) is 186 Å². The lowest BCUT2D eigenvalue weighted by Gasteiger charge is -2.39. The number of rotatable bonds is 2. The maximum absolute atomic E-state index is 7.18. The van der Waals surface area contributed by atoms with E-state index in [0.717, 1.165) is 71.3 Å². The first-order valence-electron chi connectivity index (χ1n) is 17.6. The van der Waals surface area contributed by atoms with E-state index in [1.54, 1.807) is 11.3 Å². The van der Waals surface area contributed by atoms with Crippen LogP contribution < -0.4 is 4.74 Å². The minimum atomic E-state index is -0.573. The largest absolute Gasteiger partial charge is 0.454 e. The number of aromatic nitrogens is 3. The van der Waals surface area contributed by atoms with Crippen LogP contribution in [-0.4, -0.2) is 14.5 Å². The van der Waals surface area contributed by atoms with E-state index in [4.69, 9.17) is 14.7 Å². The molecule has 10 aromatic rings. The topological polar surface area (TPSA) is 39.9 Å². The second kappa shape index (κ2) is 10.3. The first kappa shape index (κ1) is 28.2. The summed E-state index contributed by atoms with van der Waals surface area (Å²) in [6.07, 6.45) is 0. The summed E-state index contributed by atoms with van der Waals surface area (Å²) in [6, 6.07) is 58.5. The molecule has 4 heterocycles. The van der Waals surface area contributed by atoms with Gasteiger partial charge in [-0.25, -0.2) is 9.97 Å². The molecule has 0 N–H and O–H groups in total. The second-order valence-corrected chi connectivity index (χ2v) is 14.7. The molecule has 0 saturated carbocycles. The van der Waals surface area contributed by atoms with Crippen LogP contribution in [0.1, 0.15) is 22.3 Å². The van der Waals surface area contributed by atoms with Crippen LogP contribution in [0.15, 0.2) is 164 Å². The monoisotopic (exact) mass is 681 g/mol. The summed E-state index contributed by atoms with van der Waals surface area (Å²) < 4.78 is 11.7. The predicted molar refractivity (Wildman–Crippen MR) is 212 cm³/mol. The molecule has 0 bridgehead atoms. The van der Waals surface area contributed by atoms with Crippen LogP contribution in [0.25, 0.3) is 70.4 Å². The van der Waals surface area contributed by atoms with E-state index < -0.39 is 5.41 Å². The lowest BCUT2D eigenvalue weighted by atomic mass is 9.66. The molecule has 0 atom stereocenters. The SMILES string of the molecule is c1ccc(-c2nc(-n3c4ccccc4c4ccc5c(c43)Oc3ccccc3C53c4ccccc4-c4ccccc43)nc3c2sc2ccccc23)cc1. The first-order valence-corrected chi connectivity index (χ1v) is 18.4. The minimum Gasteiger partial charge on any atom is -0.454 e. The molecular formula is C47H27N3OS. The van der Waals surface area contributed by atoms with Gasteiger partial charge in [0.2, 0.25) is 5.95 Å². The molecule has 5 heteroatoms. The fourth-order valence-electron chi connectivity index (χ4n) is 9.04. The van der Waals surface area contributed by atoms with E-state index in [-0.39, 0.29) is 0 Å². The highest BCUT2D eigenvalue weighted by molar-refractivity contribution is 7.26. The molecule has 0 radical (unpaired) electrons.